The van der Waals surface area contributed by atoms with Gasteiger partial charge in [-0.15, -0.1) is 11.3 Å². The van der Waals surface area contributed by atoms with Crippen molar-refractivity contribution in [1.82, 2.24) is 20.3 Å². The first-order valence-electron chi connectivity index (χ1n) is 11.2. The Morgan fingerprint density at radius 3 is 2.79 bits per heavy atom. The number of aromatic nitrogens is 3. The molecule has 0 atom stereocenters. The number of aryl methyl sites for hydroxylation is 1. The fourth-order valence-electron chi connectivity index (χ4n) is 4.04. The van der Waals surface area contributed by atoms with E-state index in [-0.39, 0.29) is 0 Å². The number of rotatable bonds is 7. The van der Waals surface area contributed by atoms with Crippen molar-refractivity contribution in [3.05, 3.63) is 63.3 Å². The molecular weight excluding hydrogens is 470 g/mol. The number of nitrogens with zero attached hydrogens (tertiary/aromatic N) is 3. The Morgan fingerprint density at radius 2 is 2.00 bits per heavy atom. The van der Waals surface area contributed by atoms with Crippen LogP contribution in [0.3, 0.4) is 0 Å². The van der Waals surface area contributed by atoms with Crippen LogP contribution in [0.4, 0.5) is 11.5 Å². The van der Waals surface area contributed by atoms with E-state index in [4.69, 9.17) is 26.1 Å². The van der Waals surface area contributed by atoms with Gasteiger partial charge in [0.2, 0.25) is 0 Å². The Balaban J connectivity index is 1.36. The smallest absolute Gasteiger partial charge is 0.163 e. The van der Waals surface area contributed by atoms with Crippen LogP contribution in [0.15, 0.2) is 42.0 Å². The lowest BCUT2D eigenvalue weighted by Crippen LogP contribution is -2.26. The van der Waals surface area contributed by atoms with Crippen molar-refractivity contribution in [2.45, 2.75) is 32.3 Å². The second-order valence-electron chi connectivity index (χ2n) is 8.32. The lowest BCUT2D eigenvalue weighted by Gasteiger charge is -2.20. The molecule has 7 nitrogen and oxygen atoms in total. The summed E-state index contributed by atoms with van der Waals surface area (Å²) in [5.41, 5.74) is 3.55. The van der Waals surface area contributed by atoms with Crippen LogP contribution in [0.2, 0.25) is 5.02 Å². The number of hydrogen-bond acceptors (Lipinski definition) is 8. The quantitative estimate of drug-likeness (QED) is 0.333. The zero-order valence-corrected chi connectivity index (χ0v) is 20.7. The molecule has 0 radical (unpaired) electrons. The fraction of sp³-hybridized carbons (Fsp3) is 0.320. The molecule has 34 heavy (non-hydrogen) atoms. The van der Waals surface area contributed by atoms with Gasteiger partial charge in [0.15, 0.2) is 11.5 Å². The maximum absolute atomic E-state index is 6.28. The topological polar surface area (TPSA) is 81.2 Å². The van der Waals surface area contributed by atoms with Crippen molar-refractivity contribution < 1.29 is 9.47 Å². The highest BCUT2D eigenvalue weighted by Crippen LogP contribution is 2.36. The predicted octanol–water partition coefficient (Wildman–Crippen LogP) is 5.85. The van der Waals surface area contributed by atoms with Gasteiger partial charge in [0.05, 0.1) is 23.3 Å². The monoisotopic (exact) mass is 495 g/mol. The van der Waals surface area contributed by atoms with Gasteiger partial charge >= 0.3 is 0 Å². The van der Waals surface area contributed by atoms with Gasteiger partial charge in [0.1, 0.15) is 18.8 Å². The molecule has 176 valence electrons. The Kier molecular flexibility index (Phi) is 6.80. The third-order valence-electron chi connectivity index (χ3n) is 5.99. The summed E-state index contributed by atoms with van der Waals surface area (Å²) in [6, 6.07) is 9.59. The molecule has 3 heterocycles. The van der Waals surface area contributed by atoms with Crippen molar-refractivity contribution in [3.63, 3.8) is 0 Å². The molecular formula is C25H26ClN5O2S. The van der Waals surface area contributed by atoms with E-state index in [1.807, 2.05) is 37.3 Å². The van der Waals surface area contributed by atoms with Crippen molar-refractivity contribution in [2.75, 3.05) is 25.5 Å². The lowest BCUT2D eigenvalue weighted by molar-refractivity contribution is 0.281. The van der Waals surface area contributed by atoms with Gasteiger partial charge in [-0.1, -0.05) is 17.7 Å². The van der Waals surface area contributed by atoms with E-state index in [1.54, 1.807) is 18.4 Å². The summed E-state index contributed by atoms with van der Waals surface area (Å²) in [4.78, 5) is 13.7. The zero-order valence-electron chi connectivity index (χ0n) is 19.1. The summed E-state index contributed by atoms with van der Waals surface area (Å²) in [5.74, 6) is 2.44. The van der Waals surface area contributed by atoms with Gasteiger partial charge in [-0.3, -0.25) is 0 Å². The van der Waals surface area contributed by atoms with Crippen LogP contribution in [0.25, 0.3) is 10.9 Å². The van der Waals surface area contributed by atoms with Crippen LogP contribution in [-0.2, 0) is 6.61 Å². The minimum atomic E-state index is 0.376. The first kappa shape index (κ1) is 22.8. The maximum atomic E-state index is 6.28. The van der Waals surface area contributed by atoms with Crippen molar-refractivity contribution in [1.29, 1.82) is 0 Å². The number of methoxy groups -OCH3 is 1. The van der Waals surface area contributed by atoms with E-state index in [2.05, 4.69) is 26.0 Å². The molecule has 0 bridgehead atoms. The highest BCUT2D eigenvalue weighted by atomic mass is 35.5. The number of halogens is 1. The Hall–Kier alpha value is -2.94. The summed E-state index contributed by atoms with van der Waals surface area (Å²) in [5, 5.41) is 11.5. The van der Waals surface area contributed by atoms with Crippen LogP contribution in [-0.4, -0.2) is 35.2 Å². The van der Waals surface area contributed by atoms with Gasteiger partial charge in [0.25, 0.3) is 0 Å². The molecule has 5 rings (SSSR count). The first-order chi connectivity index (χ1) is 16.6. The minimum absolute atomic E-state index is 0.376. The van der Waals surface area contributed by atoms with Gasteiger partial charge < -0.3 is 20.1 Å². The molecule has 0 aliphatic carbocycles. The van der Waals surface area contributed by atoms with Gasteiger partial charge in [-0.25, -0.2) is 15.0 Å². The normalized spacial score (nSPS) is 14.3. The number of piperidine rings is 1. The molecule has 1 saturated heterocycles. The molecule has 0 saturated carbocycles. The predicted molar refractivity (Wildman–Crippen MR) is 137 cm³/mol. The molecule has 2 aromatic heterocycles. The highest BCUT2D eigenvalue weighted by Gasteiger charge is 2.19. The molecule has 2 aromatic carbocycles. The zero-order chi connectivity index (χ0) is 23.5. The van der Waals surface area contributed by atoms with E-state index in [9.17, 15) is 0 Å². The Bertz CT molecular complexity index is 1310. The van der Waals surface area contributed by atoms with Gasteiger partial charge in [-0.2, -0.15) is 0 Å². The van der Waals surface area contributed by atoms with Crippen LogP contribution in [0.1, 0.15) is 35.0 Å². The first-order valence-corrected chi connectivity index (χ1v) is 12.5. The molecule has 0 spiro atoms. The number of anilines is 2. The second-order valence-corrected chi connectivity index (χ2v) is 9.62. The van der Waals surface area contributed by atoms with E-state index in [0.717, 1.165) is 53.8 Å². The van der Waals surface area contributed by atoms with Crippen LogP contribution >= 0.6 is 22.9 Å². The number of thiazole rings is 1. The summed E-state index contributed by atoms with van der Waals surface area (Å²) < 4.78 is 11.7. The third kappa shape index (κ3) is 4.94. The standard InChI is InChI=1S/C25H26ClN5O2S/c1-15-3-4-17(9-20(15)26)30-24-19-10-22(32-2)23(11-21(19)28-14-29-24)33-12-18-13-34-25(31-18)16-5-7-27-8-6-16/h3-4,9-11,13-14,16,27H,5-8,12H2,1-2H3,(H,28,29,30). The summed E-state index contributed by atoms with van der Waals surface area (Å²) in [6.07, 6.45) is 3.80. The maximum Gasteiger partial charge on any atom is 0.163 e. The average molecular weight is 496 g/mol. The number of ether oxygens (including phenoxy) is 2. The summed E-state index contributed by atoms with van der Waals surface area (Å²) >= 11 is 8.00. The molecule has 1 aliphatic heterocycles. The van der Waals surface area contributed by atoms with Crippen LogP contribution < -0.4 is 20.1 Å². The van der Waals surface area contributed by atoms with Crippen LogP contribution in [0, 0.1) is 6.92 Å². The molecule has 1 fully saturated rings. The molecule has 9 heteroatoms. The number of hydrogen-bond donors (Lipinski definition) is 2. The van der Waals surface area contributed by atoms with E-state index in [1.165, 1.54) is 11.3 Å². The lowest BCUT2D eigenvalue weighted by atomic mass is 9.99. The third-order valence-corrected chi connectivity index (χ3v) is 7.45. The fourth-order valence-corrected chi connectivity index (χ4v) is 5.20. The van der Waals surface area contributed by atoms with E-state index in [0.29, 0.717) is 34.9 Å². The molecule has 0 amide bonds. The summed E-state index contributed by atoms with van der Waals surface area (Å²) in [7, 11) is 1.63. The Morgan fingerprint density at radius 1 is 1.15 bits per heavy atom. The summed E-state index contributed by atoms with van der Waals surface area (Å²) in [6.45, 7) is 4.46. The van der Waals surface area contributed by atoms with Crippen LogP contribution in [0.5, 0.6) is 11.5 Å². The van der Waals surface area contributed by atoms with Gasteiger partial charge in [-0.05, 0) is 56.6 Å². The number of benzene rings is 2. The minimum Gasteiger partial charge on any atom is -0.493 e. The molecule has 4 aromatic rings. The second kappa shape index (κ2) is 10.1. The van der Waals surface area contributed by atoms with E-state index >= 15 is 0 Å². The average Bonchev–Trinajstić information content (AvgIpc) is 3.34. The number of fused-ring (bicyclic) bond motifs is 1. The van der Waals surface area contributed by atoms with Crippen molar-refractivity contribution in [3.8, 4) is 11.5 Å². The van der Waals surface area contributed by atoms with Crippen molar-refractivity contribution >= 4 is 45.3 Å². The molecule has 0 unspecified atom stereocenters. The van der Waals surface area contributed by atoms with Gasteiger partial charge in [0, 0.05) is 33.5 Å². The van der Waals surface area contributed by atoms with E-state index < -0.39 is 0 Å². The SMILES string of the molecule is COc1cc2c(Nc3ccc(C)c(Cl)c3)ncnc2cc1OCc1csc(C2CCNCC2)n1. The highest BCUT2D eigenvalue weighted by molar-refractivity contribution is 7.09. The number of nitrogens with one attached hydrogen (secondary N) is 2. The van der Waals surface area contributed by atoms with Crippen molar-refractivity contribution in [2.24, 2.45) is 0 Å². The molecule has 2 N–H and O–H groups in total. The Labute approximate surface area is 207 Å². The molecule has 1 aliphatic rings. The largest absolute Gasteiger partial charge is 0.493 e.